The van der Waals surface area contributed by atoms with Crippen LogP contribution in [-0.4, -0.2) is 95.3 Å². The summed E-state index contributed by atoms with van der Waals surface area (Å²) in [4.78, 5) is 66.5. The van der Waals surface area contributed by atoms with Crippen LogP contribution in [0.3, 0.4) is 0 Å². The van der Waals surface area contributed by atoms with Crippen LogP contribution in [0.2, 0.25) is 0 Å². The lowest BCUT2D eigenvalue weighted by atomic mass is 10.0. The first-order valence-electron chi connectivity index (χ1n) is 13.9. The van der Waals surface area contributed by atoms with E-state index in [0.29, 0.717) is 19.6 Å². The van der Waals surface area contributed by atoms with Crippen molar-refractivity contribution in [3.63, 3.8) is 0 Å². The van der Waals surface area contributed by atoms with Crippen LogP contribution in [0.4, 0.5) is 14.9 Å². The summed E-state index contributed by atoms with van der Waals surface area (Å²) in [6, 6.07) is 1.28. The first kappa shape index (κ1) is 29.4. The Labute approximate surface area is 233 Å². The second kappa shape index (κ2) is 12.3. The van der Waals surface area contributed by atoms with Gasteiger partial charge in [-0.3, -0.25) is 34.3 Å². The zero-order valence-electron chi connectivity index (χ0n) is 23.4. The third-order valence-electron chi connectivity index (χ3n) is 7.27. The number of carbonyl (C=O) groups is 5. The maximum Gasteiger partial charge on any atom is 0.410 e. The summed E-state index contributed by atoms with van der Waals surface area (Å²) < 4.78 is 20.2. The van der Waals surface area contributed by atoms with Gasteiger partial charge < -0.3 is 15.0 Å². The molecular formula is C28H38FN5O6. The standard InChI is InChI=1S/C28H38FN5O6/c1-28(2,3)40-27(39)33-14-12-32(13-15-33)11-7-5-4-6-10-30-21-17-19-18(16-20(21)29)25(37)34(26(19)38)22-8-9-23(35)31-24(22)36/h16-17,22,30H,4-15H2,1-3H3,(H,31,35,36). The number of ether oxygens (including phenoxy) is 1. The van der Waals surface area contributed by atoms with Crippen molar-refractivity contribution in [1.82, 2.24) is 20.0 Å². The lowest BCUT2D eigenvalue weighted by Gasteiger charge is -2.35. The number of anilines is 1. The second-order valence-corrected chi connectivity index (χ2v) is 11.5. The van der Waals surface area contributed by atoms with E-state index >= 15 is 0 Å². The van der Waals surface area contributed by atoms with E-state index in [-0.39, 0.29) is 35.7 Å². The minimum absolute atomic E-state index is 0.0235. The number of amides is 5. The van der Waals surface area contributed by atoms with Gasteiger partial charge in [-0.2, -0.15) is 0 Å². The maximum absolute atomic E-state index is 14.7. The number of rotatable bonds is 9. The number of fused-ring (bicyclic) bond motifs is 1. The van der Waals surface area contributed by atoms with Gasteiger partial charge >= 0.3 is 6.09 Å². The summed E-state index contributed by atoms with van der Waals surface area (Å²) in [6.07, 6.45) is 3.58. The fourth-order valence-corrected chi connectivity index (χ4v) is 5.14. The van der Waals surface area contributed by atoms with Gasteiger partial charge in [-0.15, -0.1) is 0 Å². The highest BCUT2D eigenvalue weighted by Gasteiger charge is 2.45. The van der Waals surface area contributed by atoms with Crippen LogP contribution in [0, 0.1) is 5.82 Å². The van der Waals surface area contributed by atoms with Gasteiger partial charge in [0.1, 0.15) is 17.5 Å². The van der Waals surface area contributed by atoms with E-state index in [1.54, 1.807) is 4.90 Å². The average Bonchev–Trinajstić information content (AvgIpc) is 3.11. The summed E-state index contributed by atoms with van der Waals surface area (Å²) >= 11 is 0. The number of halogens is 1. The van der Waals surface area contributed by atoms with Crippen molar-refractivity contribution in [2.75, 3.05) is 44.6 Å². The molecule has 2 fully saturated rings. The molecule has 1 unspecified atom stereocenters. The normalized spacial score (nSPS) is 20.1. The van der Waals surface area contributed by atoms with E-state index in [0.717, 1.165) is 56.3 Å². The molecule has 3 heterocycles. The minimum atomic E-state index is -1.08. The number of piperidine rings is 1. The van der Waals surface area contributed by atoms with E-state index in [2.05, 4.69) is 15.5 Å². The van der Waals surface area contributed by atoms with Crippen molar-refractivity contribution in [2.45, 2.75) is 70.9 Å². The highest BCUT2D eigenvalue weighted by molar-refractivity contribution is 6.23. The van der Waals surface area contributed by atoms with Crippen molar-refractivity contribution >= 4 is 35.4 Å². The summed E-state index contributed by atoms with van der Waals surface area (Å²) in [5.41, 5.74) is -0.395. The minimum Gasteiger partial charge on any atom is -0.444 e. The largest absolute Gasteiger partial charge is 0.444 e. The molecule has 2 N–H and O–H groups in total. The Balaban J connectivity index is 1.17. The molecule has 1 aromatic carbocycles. The van der Waals surface area contributed by atoms with Crippen molar-refractivity contribution in [2.24, 2.45) is 0 Å². The number of hydrogen-bond donors (Lipinski definition) is 2. The molecule has 40 heavy (non-hydrogen) atoms. The molecular weight excluding hydrogens is 521 g/mol. The molecule has 3 aliphatic heterocycles. The summed E-state index contributed by atoms with van der Waals surface area (Å²) in [6.45, 7) is 10.00. The Bertz CT molecular complexity index is 1170. The van der Waals surface area contributed by atoms with Crippen LogP contribution in [0.5, 0.6) is 0 Å². The molecule has 4 rings (SSSR count). The number of hydrogen-bond acceptors (Lipinski definition) is 8. The summed E-state index contributed by atoms with van der Waals surface area (Å²) in [7, 11) is 0. The molecule has 3 aliphatic rings. The Morgan fingerprint density at radius 2 is 1.65 bits per heavy atom. The SMILES string of the molecule is CC(C)(C)OC(=O)N1CCN(CCCCCCNc2cc3c(cc2F)C(=O)N(C2CCC(=O)NC2=O)C3=O)CC1. The van der Waals surface area contributed by atoms with Crippen LogP contribution in [0.1, 0.15) is 80.0 Å². The molecule has 12 heteroatoms. The number of unbranched alkanes of at least 4 members (excludes halogenated alkanes) is 3. The van der Waals surface area contributed by atoms with Crippen molar-refractivity contribution in [1.29, 1.82) is 0 Å². The lowest BCUT2D eigenvalue weighted by molar-refractivity contribution is -0.136. The van der Waals surface area contributed by atoms with E-state index in [1.807, 2.05) is 20.8 Å². The fraction of sp³-hybridized carbons (Fsp3) is 0.607. The third kappa shape index (κ3) is 6.96. The van der Waals surface area contributed by atoms with E-state index in [1.165, 1.54) is 6.07 Å². The van der Waals surface area contributed by atoms with Crippen LogP contribution >= 0.6 is 0 Å². The molecule has 218 valence electrons. The van der Waals surface area contributed by atoms with Gasteiger partial charge in [0.05, 0.1) is 16.8 Å². The van der Waals surface area contributed by atoms with E-state index in [4.69, 9.17) is 4.74 Å². The van der Waals surface area contributed by atoms with Crippen molar-refractivity contribution in [3.8, 4) is 0 Å². The van der Waals surface area contributed by atoms with Crippen LogP contribution in [0.25, 0.3) is 0 Å². The van der Waals surface area contributed by atoms with Gasteiger partial charge in [0.15, 0.2) is 0 Å². The van der Waals surface area contributed by atoms with Crippen LogP contribution in [0.15, 0.2) is 12.1 Å². The quantitative estimate of drug-likeness (QED) is 0.349. The molecule has 0 saturated carbocycles. The number of nitrogens with one attached hydrogen (secondary N) is 2. The van der Waals surface area contributed by atoms with Gasteiger partial charge in [0.25, 0.3) is 11.8 Å². The first-order chi connectivity index (χ1) is 18.9. The predicted octanol–water partition coefficient (Wildman–Crippen LogP) is 2.75. The molecule has 5 amide bonds. The van der Waals surface area contributed by atoms with E-state index < -0.39 is 41.1 Å². The summed E-state index contributed by atoms with van der Waals surface area (Å²) in [5, 5.41) is 5.16. The second-order valence-electron chi connectivity index (χ2n) is 11.5. The molecule has 1 aromatic rings. The van der Waals surface area contributed by atoms with Gasteiger partial charge in [-0.1, -0.05) is 12.8 Å². The molecule has 0 spiro atoms. The fourth-order valence-electron chi connectivity index (χ4n) is 5.14. The number of piperazine rings is 1. The Morgan fingerprint density at radius 1 is 1.00 bits per heavy atom. The number of nitrogens with zero attached hydrogens (tertiary/aromatic N) is 3. The van der Waals surface area contributed by atoms with Gasteiger partial charge in [0, 0.05) is 39.1 Å². The molecule has 0 aliphatic carbocycles. The molecule has 0 radical (unpaired) electrons. The van der Waals surface area contributed by atoms with Crippen molar-refractivity contribution < 1.29 is 33.1 Å². The smallest absolute Gasteiger partial charge is 0.410 e. The Hall–Kier alpha value is -3.54. The highest BCUT2D eigenvalue weighted by atomic mass is 19.1. The Kier molecular flexibility index (Phi) is 9.07. The summed E-state index contributed by atoms with van der Waals surface area (Å²) in [5.74, 6) is -3.19. The van der Waals surface area contributed by atoms with Crippen molar-refractivity contribution in [3.05, 3.63) is 29.1 Å². The van der Waals surface area contributed by atoms with E-state index in [9.17, 15) is 28.4 Å². The van der Waals surface area contributed by atoms with Gasteiger partial charge in [-0.25, -0.2) is 9.18 Å². The maximum atomic E-state index is 14.7. The number of carbonyl (C=O) groups excluding carboxylic acids is 5. The molecule has 11 nitrogen and oxygen atoms in total. The molecule has 1 atom stereocenters. The molecule has 2 saturated heterocycles. The zero-order valence-corrected chi connectivity index (χ0v) is 23.4. The monoisotopic (exact) mass is 559 g/mol. The predicted molar refractivity (Wildman–Crippen MR) is 144 cm³/mol. The Morgan fingerprint density at radius 3 is 2.30 bits per heavy atom. The third-order valence-corrected chi connectivity index (χ3v) is 7.27. The first-order valence-corrected chi connectivity index (χ1v) is 13.9. The lowest BCUT2D eigenvalue weighted by Crippen LogP contribution is -2.54. The van der Waals surface area contributed by atoms with Gasteiger partial charge in [-0.05, 0) is 58.7 Å². The number of benzene rings is 1. The highest BCUT2D eigenvalue weighted by Crippen LogP contribution is 2.31. The molecule has 0 aromatic heterocycles. The van der Waals surface area contributed by atoms with Crippen LogP contribution in [-0.2, 0) is 14.3 Å². The topological polar surface area (TPSA) is 128 Å². The van der Waals surface area contributed by atoms with Crippen LogP contribution < -0.4 is 10.6 Å². The molecule has 0 bridgehead atoms. The zero-order chi connectivity index (χ0) is 29.0. The average molecular weight is 560 g/mol. The number of imide groups is 2. The van der Waals surface area contributed by atoms with Gasteiger partial charge in [0.2, 0.25) is 11.8 Å².